The van der Waals surface area contributed by atoms with Crippen LogP contribution in [0.25, 0.3) is 22.3 Å². The number of rotatable bonds is 1. The van der Waals surface area contributed by atoms with Gasteiger partial charge in [0.2, 0.25) is 0 Å². The summed E-state index contributed by atoms with van der Waals surface area (Å²) in [5.74, 6) is 0. The molecule has 5 aromatic carbocycles. The van der Waals surface area contributed by atoms with Crippen molar-refractivity contribution in [2.75, 3.05) is 0 Å². The van der Waals surface area contributed by atoms with Crippen LogP contribution in [-0.4, -0.2) is 0 Å². The Morgan fingerprint density at radius 1 is 0.375 bits per heavy atom. The molecular formula is C53H71N3. The normalized spacial score (nSPS) is 10.9. The van der Waals surface area contributed by atoms with E-state index in [0.29, 0.717) is 16.2 Å². The lowest BCUT2D eigenvalue weighted by Crippen LogP contribution is -2.14. The molecule has 0 saturated heterocycles. The second-order valence-corrected chi connectivity index (χ2v) is 17.7. The largest absolute Gasteiger partial charge is 0.199 e. The summed E-state index contributed by atoms with van der Waals surface area (Å²) in [6.45, 7) is 33.1. The summed E-state index contributed by atoms with van der Waals surface area (Å²) in [5, 5.41) is 22.0. The zero-order valence-corrected chi connectivity index (χ0v) is 37.6. The van der Waals surface area contributed by atoms with Crippen molar-refractivity contribution in [3.05, 3.63) is 156 Å². The molecular weight excluding hydrogens is 679 g/mol. The van der Waals surface area contributed by atoms with Gasteiger partial charge >= 0.3 is 0 Å². The van der Waals surface area contributed by atoms with Gasteiger partial charge in [-0.3, -0.25) is 0 Å². The maximum atomic E-state index is 7.32. The number of fused-ring (bicyclic) bond motifs is 3. The van der Waals surface area contributed by atoms with Gasteiger partial charge in [0.1, 0.15) is 0 Å². The van der Waals surface area contributed by atoms with Crippen LogP contribution in [0.15, 0.2) is 140 Å². The van der Waals surface area contributed by atoms with Crippen LogP contribution in [0.2, 0.25) is 0 Å². The van der Waals surface area contributed by atoms with Crippen molar-refractivity contribution in [3.63, 3.8) is 0 Å². The summed E-state index contributed by atoms with van der Waals surface area (Å²) in [6.07, 6.45) is 0. The molecule has 5 aromatic rings. The lowest BCUT2D eigenvalue weighted by Gasteiger charge is -2.20. The van der Waals surface area contributed by atoms with Crippen LogP contribution in [0.4, 0.5) is 0 Å². The molecule has 6 rings (SSSR count). The Hall–Kier alpha value is -5.43. The van der Waals surface area contributed by atoms with Crippen LogP contribution in [0.5, 0.6) is 0 Å². The van der Waals surface area contributed by atoms with Crippen LogP contribution in [0.1, 0.15) is 127 Å². The number of hydrogen-bond donors (Lipinski definition) is 0. The Kier molecular flexibility index (Phi) is 25.6. The van der Waals surface area contributed by atoms with Crippen molar-refractivity contribution in [3.8, 4) is 40.5 Å². The van der Waals surface area contributed by atoms with Gasteiger partial charge in [-0.2, -0.15) is 15.8 Å². The van der Waals surface area contributed by atoms with Crippen LogP contribution in [0.3, 0.4) is 0 Å². The van der Waals surface area contributed by atoms with Gasteiger partial charge in [0.05, 0.1) is 18.2 Å². The first-order valence-electron chi connectivity index (χ1n) is 19.3. The molecule has 0 unspecified atom stereocenters. The zero-order valence-electron chi connectivity index (χ0n) is 37.6. The standard InChI is InChI=1S/C15H14.C12H10.C10H14.2C5H12.3C2H3N/c1-15(2)13-9-5-3-7-11(13)12-8-4-6-10-14(12)15;1-3-7-11(8-4-1)12-9-5-2-6-10-12;1-10(2,3)9-7-5-4-6-8-9;2*1-5(2,3)4;3*1-2-3/h3-10H,1-2H3;1-10H;4-8H,1-3H3;2*1-4H3;3*1H3. The third kappa shape index (κ3) is 24.8. The molecule has 1 aliphatic rings. The van der Waals surface area contributed by atoms with Crippen molar-refractivity contribution in [2.24, 2.45) is 10.8 Å². The van der Waals surface area contributed by atoms with Crippen LogP contribution in [-0.2, 0) is 10.8 Å². The summed E-state index contributed by atoms with van der Waals surface area (Å²) in [5.41, 5.74) is 11.1. The maximum absolute atomic E-state index is 7.32. The fraction of sp³-hybridized carbons (Fsp3) is 0.377. The monoisotopic (exact) mass is 750 g/mol. The first kappa shape index (κ1) is 52.7. The van der Waals surface area contributed by atoms with E-state index in [1.54, 1.807) is 18.2 Å². The van der Waals surface area contributed by atoms with Crippen LogP contribution in [0, 0.1) is 44.8 Å². The van der Waals surface area contributed by atoms with Crippen molar-refractivity contribution in [1.82, 2.24) is 0 Å². The van der Waals surface area contributed by atoms with E-state index in [4.69, 9.17) is 15.8 Å². The zero-order chi connectivity index (χ0) is 43.4. The molecule has 0 N–H and O–H groups in total. The molecule has 0 aromatic heterocycles. The Balaban J connectivity index is 0. The minimum atomic E-state index is 0.160. The molecule has 0 radical (unpaired) electrons. The Labute approximate surface area is 343 Å². The Bertz CT molecular complexity index is 1730. The molecule has 1 aliphatic carbocycles. The Morgan fingerprint density at radius 2 is 0.589 bits per heavy atom. The van der Waals surface area contributed by atoms with E-state index in [1.165, 1.54) is 59.7 Å². The molecule has 0 atom stereocenters. The van der Waals surface area contributed by atoms with Crippen molar-refractivity contribution in [1.29, 1.82) is 15.8 Å². The number of nitrogens with zero attached hydrogens (tertiary/aromatic N) is 3. The highest BCUT2D eigenvalue weighted by molar-refractivity contribution is 5.80. The van der Waals surface area contributed by atoms with Crippen molar-refractivity contribution >= 4 is 0 Å². The van der Waals surface area contributed by atoms with Crippen molar-refractivity contribution in [2.45, 2.75) is 122 Å². The predicted molar refractivity (Wildman–Crippen MR) is 245 cm³/mol. The SMILES string of the molecule is CC#N.CC#N.CC#N.CC(C)(C)C.CC(C)(C)C.CC(C)(C)c1ccccc1.CC1(C)c2ccccc2-c2ccccc21.c1ccc(-c2ccccc2)cc1. The quantitative estimate of drug-likeness (QED) is 0.171. The van der Waals surface area contributed by atoms with E-state index in [2.05, 4.69) is 217 Å². The van der Waals surface area contributed by atoms with Gasteiger partial charge in [0, 0.05) is 26.2 Å². The highest BCUT2D eigenvalue weighted by atomic mass is 14.4. The third-order valence-corrected chi connectivity index (χ3v) is 7.01. The first-order valence-corrected chi connectivity index (χ1v) is 19.3. The fourth-order valence-electron chi connectivity index (χ4n) is 4.87. The van der Waals surface area contributed by atoms with Gasteiger partial charge < -0.3 is 0 Å². The molecule has 0 spiro atoms. The Morgan fingerprint density at radius 3 is 0.821 bits per heavy atom. The van der Waals surface area contributed by atoms with E-state index in [0.717, 1.165) is 0 Å². The van der Waals surface area contributed by atoms with Crippen molar-refractivity contribution < 1.29 is 0 Å². The number of nitriles is 3. The van der Waals surface area contributed by atoms with Gasteiger partial charge in [0.25, 0.3) is 0 Å². The highest BCUT2D eigenvalue weighted by Gasteiger charge is 2.34. The van der Waals surface area contributed by atoms with E-state index < -0.39 is 0 Å². The summed E-state index contributed by atoms with van der Waals surface area (Å²) in [4.78, 5) is 0. The van der Waals surface area contributed by atoms with Crippen LogP contribution < -0.4 is 0 Å². The van der Waals surface area contributed by atoms with E-state index in [1.807, 2.05) is 12.1 Å². The number of hydrogen-bond acceptors (Lipinski definition) is 3. The molecule has 298 valence electrons. The lowest BCUT2D eigenvalue weighted by molar-refractivity contribution is 0.469. The smallest absolute Gasteiger partial charge is 0.0587 e. The second kappa shape index (κ2) is 27.2. The predicted octanol–water partition coefficient (Wildman–Crippen LogP) is 16.0. The second-order valence-electron chi connectivity index (χ2n) is 17.7. The summed E-state index contributed by atoms with van der Waals surface area (Å²) < 4.78 is 0. The molecule has 0 saturated carbocycles. The molecule has 0 aliphatic heterocycles. The topological polar surface area (TPSA) is 71.4 Å². The molecule has 0 heterocycles. The molecule has 3 heteroatoms. The summed E-state index contributed by atoms with van der Waals surface area (Å²) in [7, 11) is 0. The number of benzene rings is 5. The van der Waals surface area contributed by atoms with E-state index in [-0.39, 0.29) is 5.41 Å². The maximum Gasteiger partial charge on any atom is 0.0587 e. The highest BCUT2D eigenvalue weighted by Crippen LogP contribution is 2.48. The van der Waals surface area contributed by atoms with Gasteiger partial charge in [-0.05, 0) is 55.2 Å². The fourth-order valence-corrected chi connectivity index (χ4v) is 4.87. The van der Waals surface area contributed by atoms with Crippen LogP contribution >= 0.6 is 0 Å². The molecule has 3 nitrogen and oxygen atoms in total. The molecule has 0 fully saturated rings. The summed E-state index contributed by atoms with van der Waals surface area (Å²) >= 11 is 0. The lowest BCUT2D eigenvalue weighted by atomic mass is 9.82. The van der Waals surface area contributed by atoms with Gasteiger partial charge in [-0.15, -0.1) is 0 Å². The van der Waals surface area contributed by atoms with E-state index in [9.17, 15) is 0 Å². The minimum absolute atomic E-state index is 0.160. The van der Waals surface area contributed by atoms with Gasteiger partial charge in [0.15, 0.2) is 0 Å². The molecule has 56 heavy (non-hydrogen) atoms. The average Bonchev–Trinajstić information content (AvgIpc) is 3.36. The molecule has 0 amide bonds. The summed E-state index contributed by atoms with van der Waals surface area (Å²) in [6, 6.07) is 54.0. The first-order chi connectivity index (χ1) is 26.0. The van der Waals surface area contributed by atoms with Gasteiger partial charge in [-0.25, -0.2) is 0 Å². The van der Waals surface area contributed by atoms with E-state index >= 15 is 0 Å². The third-order valence-electron chi connectivity index (χ3n) is 7.01. The average molecular weight is 750 g/mol. The minimum Gasteiger partial charge on any atom is -0.199 e. The molecule has 0 bridgehead atoms. The van der Waals surface area contributed by atoms with Gasteiger partial charge in [-0.1, -0.05) is 230 Å².